The van der Waals surface area contributed by atoms with Gasteiger partial charge >= 0.3 is 0 Å². The third-order valence-electron chi connectivity index (χ3n) is 3.01. The standard InChI is InChI=1S/C15H13N3O/c1-10-2-4-12(5-3-10)14-13(15(16)19-18-14)11-6-8-17-9-7-11/h2-9H,16H2,1H3. The molecule has 0 saturated heterocycles. The number of hydrogen-bond acceptors (Lipinski definition) is 4. The van der Waals surface area contributed by atoms with Crippen LogP contribution in [0.2, 0.25) is 0 Å². The van der Waals surface area contributed by atoms with Gasteiger partial charge in [0.25, 0.3) is 0 Å². The number of nitrogen functional groups attached to an aromatic ring is 1. The van der Waals surface area contributed by atoms with Crippen LogP contribution >= 0.6 is 0 Å². The summed E-state index contributed by atoms with van der Waals surface area (Å²) in [5, 5.41) is 4.07. The van der Waals surface area contributed by atoms with E-state index in [1.807, 2.05) is 43.3 Å². The molecule has 0 bridgehead atoms. The Balaban J connectivity index is 2.16. The minimum absolute atomic E-state index is 0.321. The maximum Gasteiger partial charge on any atom is 0.230 e. The molecule has 0 aliphatic heterocycles. The lowest BCUT2D eigenvalue weighted by Gasteiger charge is -2.02. The fraction of sp³-hybridized carbons (Fsp3) is 0.0667. The van der Waals surface area contributed by atoms with Gasteiger partial charge in [-0.25, -0.2) is 0 Å². The molecule has 0 aliphatic rings. The second kappa shape index (κ2) is 4.57. The van der Waals surface area contributed by atoms with E-state index >= 15 is 0 Å². The molecule has 2 heterocycles. The molecular weight excluding hydrogens is 238 g/mol. The fourth-order valence-corrected chi connectivity index (χ4v) is 2.01. The minimum atomic E-state index is 0.321. The van der Waals surface area contributed by atoms with Crippen LogP contribution in [0.25, 0.3) is 22.4 Å². The van der Waals surface area contributed by atoms with E-state index in [1.165, 1.54) is 5.56 Å². The molecule has 0 unspecified atom stereocenters. The van der Waals surface area contributed by atoms with Gasteiger partial charge in [0.2, 0.25) is 5.88 Å². The van der Waals surface area contributed by atoms with E-state index in [4.69, 9.17) is 10.3 Å². The van der Waals surface area contributed by atoms with Crippen LogP contribution in [0, 0.1) is 6.92 Å². The lowest BCUT2D eigenvalue weighted by molar-refractivity contribution is 0.439. The average molecular weight is 251 g/mol. The van der Waals surface area contributed by atoms with Crippen LogP contribution in [0.4, 0.5) is 5.88 Å². The molecular formula is C15H13N3O. The van der Waals surface area contributed by atoms with Gasteiger partial charge in [-0.3, -0.25) is 4.98 Å². The molecule has 0 fully saturated rings. The van der Waals surface area contributed by atoms with Crippen molar-refractivity contribution in [3.8, 4) is 22.4 Å². The monoisotopic (exact) mass is 251 g/mol. The Labute approximate surface area is 110 Å². The van der Waals surface area contributed by atoms with Gasteiger partial charge in [0, 0.05) is 18.0 Å². The van der Waals surface area contributed by atoms with Gasteiger partial charge in [-0.1, -0.05) is 35.0 Å². The molecule has 0 aliphatic carbocycles. The molecule has 94 valence electrons. The highest BCUT2D eigenvalue weighted by Crippen LogP contribution is 2.35. The second-order valence-corrected chi connectivity index (χ2v) is 4.37. The number of nitrogens with zero attached hydrogens (tertiary/aromatic N) is 2. The first-order valence-electron chi connectivity index (χ1n) is 5.98. The minimum Gasteiger partial charge on any atom is -0.367 e. The molecule has 4 nitrogen and oxygen atoms in total. The van der Waals surface area contributed by atoms with Crippen molar-refractivity contribution < 1.29 is 4.52 Å². The maximum atomic E-state index is 5.89. The number of hydrogen-bond donors (Lipinski definition) is 1. The second-order valence-electron chi connectivity index (χ2n) is 4.37. The first-order valence-corrected chi connectivity index (χ1v) is 5.98. The van der Waals surface area contributed by atoms with Crippen LogP contribution in [0.5, 0.6) is 0 Å². The summed E-state index contributed by atoms with van der Waals surface area (Å²) in [5.74, 6) is 0.321. The van der Waals surface area contributed by atoms with E-state index in [9.17, 15) is 0 Å². The highest BCUT2D eigenvalue weighted by Gasteiger charge is 2.16. The number of anilines is 1. The van der Waals surface area contributed by atoms with Crippen molar-refractivity contribution in [3.63, 3.8) is 0 Å². The highest BCUT2D eigenvalue weighted by molar-refractivity contribution is 5.86. The van der Waals surface area contributed by atoms with Gasteiger partial charge in [-0.2, -0.15) is 0 Å². The van der Waals surface area contributed by atoms with Gasteiger partial charge < -0.3 is 10.3 Å². The predicted molar refractivity (Wildman–Crippen MR) is 74.3 cm³/mol. The summed E-state index contributed by atoms with van der Waals surface area (Å²) in [6.45, 7) is 2.05. The quantitative estimate of drug-likeness (QED) is 0.759. The van der Waals surface area contributed by atoms with E-state index in [2.05, 4.69) is 10.1 Å². The lowest BCUT2D eigenvalue weighted by atomic mass is 10.0. The summed E-state index contributed by atoms with van der Waals surface area (Å²) >= 11 is 0. The van der Waals surface area contributed by atoms with Crippen molar-refractivity contribution in [2.75, 3.05) is 5.73 Å². The van der Waals surface area contributed by atoms with E-state index < -0.39 is 0 Å². The van der Waals surface area contributed by atoms with E-state index in [0.29, 0.717) is 5.88 Å². The van der Waals surface area contributed by atoms with Gasteiger partial charge in [0.1, 0.15) is 5.69 Å². The van der Waals surface area contributed by atoms with Gasteiger partial charge in [0.05, 0.1) is 5.56 Å². The summed E-state index contributed by atoms with van der Waals surface area (Å²) in [4.78, 5) is 4.01. The molecule has 0 spiro atoms. The number of aromatic nitrogens is 2. The highest BCUT2D eigenvalue weighted by atomic mass is 16.5. The van der Waals surface area contributed by atoms with Crippen molar-refractivity contribution in [2.24, 2.45) is 0 Å². The van der Waals surface area contributed by atoms with E-state index in [-0.39, 0.29) is 0 Å². The Hall–Kier alpha value is -2.62. The van der Waals surface area contributed by atoms with E-state index in [0.717, 1.165) is 22.4 Å². The van der Waals surface area contributed by atoms with Crippen LogP contribution < -0.4 is 5.73 Å². The number of aryl methyl sites for hydroxylation is 1. The fourth-order valence-electron chi connectivity index (χ4n) is 2.01. The molecule has 0 atom stereocenters. The van der Waals surface area contributed by atoms with Crippen LogP contribution in [0.3, 0.4) is 0 Å². The Morgan fingerprint density at radius 2 is 1.63 bits per heavy atom. The van der Waals surface area contributed by atoms with Crippen molar-refractivity contribution in [2.45, 2.75) is 6.92 Å². The first kappa shape index (κ1) is 11.5. The lowest BCUT2D eigenvalue weighted by Crippen LogP contribution is -1.88. The first-order chi connectivity index (χ1) is 9.25. The van der Waals surface area contributed by atoms with E-state index in [1.54, 1.807) is 12.4 Å². The third kappa shape index (κ3) is 2.08. The zero-order valence-corrected chi connectivity index (χ0v) is 10.5. The predicted octanol–water partition coefficient (Wildman–Crippen LogP) is 3.29. The smallest absolute Gasteiger partial charge is 0.230 e. The van der Waals surface area contributed by atoms with Crippen molar-refractivity contribution >= 4 is 5.88 Å². The van der Waals surface area contributed by atoms with Gasteiger partial charge in [0.15, 0.2) is 0 Å². The normalized spacial score (nSPS) is 10.6. The summed E-state index contributed by atoms with van der Waals surface area (Å²) < 4.78 is 5.14. The molecule has 0 saturated carbocycles. The zero-order chi connectivity index (χ0) is 13.2. The van der Waals surface area contributed by atoms with Crippen molar-refractivity contribution in [1.82, 2.24) is 10.1 Å². The van der Waals surface area contributed by atoms with Gasteiger partial charge in [-0.15, -0.1) is 0 Å². The number of benzene rings is 1. The average Bonchev–Trinajstić information content (AvgIpc) is 2.82. The molecule has 4 heteroatoms. The third-order valence-corrected chi connectivity index (χ3v) is 3.01. The SMILES string of the molecule is Cc1ccc(-c2noc(N)c2-c2ccncc2)cc1. The topological polar surface area (TPSA) is 64.9 Å². The Bertz CT molecular complexity index is 687. The molecule has 3 aromatic rings. The number of nitrogens with two attached hydrogens (primary N) is 1. The number of pyridine rings is 1. The Morgan fingerprint density at radius 1 is 0.947 bits per heavy atom. The summed E-state index contributed by atoms with van der Waals surface area (Å²) in [5.41, 5.74) is 10.6. The van der Waals surface area contributed by atoms with Crippen LogP contribution in [0.1, 0.15) is 5.56 Å². The van der Waals surface area contributed by atoms with Crippen molar-refractivity contribution in [3.05, 3.63) is 54.4 Å². The van der Waals surface area contributed by atoms with Crippen LogP contribution in [-0.2, 0) is 0 Å². The molecule has 0 radical (unpaired) electrons. The van der Waals surface area contributed by atoms with Crippen molar-refractivity contribution in [1.29, 1.82) is 0 Å². The Kier molecular flexibility index (Phi) is 2.76. The molecule has 0 amide bonds. The van der Waals surface area contributed by atoms with Gasteiger partial charge in [-0.05, 0) is 24.6 Å². The zero-order valence-electron chi connectivity index (χ0n) is 10.5. The number of rotatable bonds is 2. The molecule has 2 aromatic heterocycles. The molecule has 1 aromatic carbocycles. The molecule has 19 heavy (non-hydrogen) atoms. The summed E-state index contributed by atoms with van der Waals surface area (Å²) in [6, 6.07) is 11.9. The molecule has 2 N–H and O–H groups in total. The maximum absolute atomic E-state index is 5.89. The molecule has 3 rings (SSSR count). The van der Waals surface area contributed by atoms with Crippen LogP contribution in [0.15, 0.2) is 53.3 Å². The summed E-state index contributed by atoms with van der Waals surface area (Å²) in [7, 11) is 0. The Morgan fingerprint density at radius 3 is 2.32 bits per heavy atom. The van der Waals surface area contributed by atoms with Crippen LogP contribution in [-0.4, -0.2) is 10.1 Å². The largest absolute Gasteiger partial charge is 0.367 e. The summed E-state index contributed by atoms with van der Waals surface area (Å²) in [6.07, 6.45) is 3.45.